The number of carbonyl (C=O) groups excluding carboxylic acids is 1. The Morgan fingerprint density at radius 1 is 1.29 bits per heavy atom. The van der Waals surface area contributed by atoms with Crippen LogP contribution in [0.15, 0.2) is 30.3 Å². The molecule has 0 N–H and O–H groups in total. The van der Waals surface area contributed by atoms with E-state index >= 15 is 0 Å². The summed E-state index contributed by atoms with van der Waals surface area (Å²) >= 11 is 0. The van der Waals surface area contributed by atoms with Gasteiger partial charge < -0.3 is 9.47 Å². The van der Waals surface area contributed by atoms with Crippen LogP contribution in [0, 0.1) is 0 Å². The number of rotatable bonds is 4. The van der Waals surface area contributed by atoms with Crippen molar-refractivity contribution in [2.75, 3.05) is 7.11 Å². The number of benzene rings is 1. The van der Waals surface area contributed by atoms with Crippen LogP contribution in [0.4, 0.5) is 0 Å². The van der Waals surface area contributed by atoms with Gasteiger partial charge >= 0.3 is 0 Å². The molecule has 0 aromatic heterocycles. The molecule has 2 rings (SSSR count). The fraction of sp³-hybridized carbons (Fsp3) is 0.500. The first kappa shape index (κ1) is 12.3. The van der Waals surface area contributed by atoms with Crippen LogP contribution in [0.5, 0.6) is 0 Å². The predicted molar refractivity (Wildman–Crippen MR) is 64.7 cm³/mol. The predicted octanol–water partition coefficient (Wildman–Crippen LogP) is 2.34. The molecule has 92 valence electrons. The maximum Gasteiger partial charge on any atom is 0.164 e. The number of ketones is 1. The van der Waals surface area contributed by atoms with Crippen molar-refractivity contribution in [1.29, 1.82) is 0 Å². The number of carbonyl (C=O) groups is 1. The summed E-state index contributed by atoms with van der Waals surface area (Å²) in [4.78, 5) is 11.6. The highest BCUT2D eigenvalue weighted by Crippen LogP contribution is 2.21. The number of ether oxygens (including phenoxy) is 2. The molecule has 2 atom stereocenters. The molecule has 0 radical (unpaired) electrons. The standard InChI is InChI=1S/C14H18O3/c1-16-14-12(15)8-5-9-13(14)17-10-11-6-3-2-4-7-11/h2-4,6-7,13-14H,5,8-10H2,1H3/t13-,14-/m1/s1. The quantitative estimate of drug-likeness (QED) is 0.802. The van der Waals surface area contributed by atoms with Crippen LogP contribution >= 0.6 is 0 Å². The molecule has 0 unspecified atom stereocenters. The molecule has 3 nitrogen and oxygen atoms in total. The molecule has 1 fully saturated rings. The first-order chi connectivity index (χ1) is 8.31. The Morgan fingerprint density at radius 3 is 2.76 bits per heavy atom. The fourth-order valence-corrected chi connectivity index (χ4v) is 2.21. The highest BCUT2D eigenvalue weighted by molar-refractivity contribution is 5.84. The monoisotopic (exact) mass is 234 g/mol. The molecular weight excluding hydrogens is 216 g/mol. The van der Waals surface area contributed by atoms with Gasteiger partial charge in [0.1, 0.15) is 6.10 Å². The van der Waals surface area contributed by atoms with Gasteiger partial charge in [-0.25, -0.2) is 0 Å². The Morgan fingerprint density at radius 2 is 2.06 bits per heavy atom. The SMILES string of the molecule is CO[C@@H]1C(=O)CCC[C@H]1OCc1ccccc1. The zero-order valence-electron chi connectivity index (χ0n) is 10.1. The molecular formula is C14H18O3. The second-order valence-electron chi connectivity index (χ2n) is 4.35. The van der Waals surface area contributed by atoms with Crippen LogP contribution in [0.1, 0.15) is 24.8 Å². The van der Waals surface area contributed by atoms with E-state index in [0.29, 0.717) is 13.0 Å². The first-order valence-electron chi connectivity index (χ1n) is 6.02. The topological polar surface area (TPSA) is 35.5 Å². The lowest BCUT2D eigenvalue weighted by Gasteiger charge is -2.29. The van der Waals surface area contributed by atoms with Crippen LogP contribution in [-0.4, -0.2) is 25.1 Å². The Kier molecular flexibility index (Phi) is 4.29. The second kappa shape index (κ2) is 5.94. The van der Waals surface area contributed by atoms with E-state index in [1.165, 1.54) is 0 Å². The summed E-state index contributed by atoms with van der Waals surface area (Å²) in [5.41, 5.74) is 1.13. The zero-order valence-corrected chi connectivity index (χ0v) is 10.1. The Balaban J connectivity index is 1.91. The van der Waals surface area contributed by atoms with Gasteiger partial charge in [0.15, 0.2) is 5.78 Å². The van der Waals surface area contributed by atoms with E-state index in [-0.39, 0.29) is 18.0 Å². The lowest BCUT2D eigenvalue weighted by atomic mass is 9.93. The fourth-order valence-electron chi connectivity index (χ4n) is 2.21. The molecule has 17 heavy (non-hydrogen) atoms. The van der Waals surface area contributed by atoms with Crippen molar-refractivity contribution in [2.45, 2.75) is 38.1 Å². The lowest BCUT2D eigenvalue weighted by molar-refractivity contribution is -0.145. The van der Waals surface area contributed by atoms with Crippen molar-refractivity contribution >= 4 is 5.78 Å². The van der Waals surface area contributed by atoms with Gasteiger partial charge in [-0.3, -0.25) is 4.79 Å². The minimum Gasteiger partial charge on any atom is -0.371 e. The molecule has 1 aromatic carbocycles. The summed E-state index contributed by atoms with van der Waals surface area (Å²) in [5.74, 6) is 0.164. The normalized spacial score (nSPS) is 24.9. The van der Waals surface area contributed by atoms with Crippen molar-refractivity contribution in [2.24, 2.45) is 0 Å². The van der Waals surface area contributed by atoms with Gasteiger partial charge in [0, 0.05) is 13.5 Å². The maximum absolute atomic E-state index is 11.6. The van der Waals surface area contributed by atoms with Crippen LogP contribution in [0.2, 0.25) is 0 Å². The smallest absolute Gasteiger partial charge is 0.164 e. The van der Waals surface area contributed by atoms with Gasteiger partial charge in [0.05, 0.1) is 12.7 Å². The van der Waals surface area contributed by atoms with Gasteiger partial charge in [-0.1, -0.05) is 30.3 Å². The first-order valence-corrected chi connectivity index (χ1v) is 6.02. The van der Waals surface area contributed by atoms with E-state index in [0.717, 1.165) is 18.4 Å². The Labute approximate surface area is 102 Å². The molecule has 0 amide bonds. The number of hydrogen-bond acceptors (Lipinski definition) is 3. The lowest BCUT2D eigenvalue weighted by Crippen LogP contribution is -2.41. The van der Waals surface area contributed by atoms with E-state index in [1.54, 1.807) is 7.11 Å². The molecule has 0 heterocycles. The molecule has 3 heteroatoms. The van der Waals surface area contributed by atoms with Crippen molar-refractivity contribution in [3.8, 4) is 0 Å². The molecule has 0 aliphatic heterocycles. The maximum atomic E-state index is 11.6. The molecule has 0 spiro atoms. The Hall–Kier alpha value is -1.19. The van der Waals surface area contributed by atoms with E-state index in [9.17, 15) is 4.79 Å². The summed E-state index contributed by atoms with van der Waals surface area (Å²) in [7, 11) is 1.58. The van der Waals surface area contributed by atoms with Gasteiger partial charge in [-0.05, 0) is 18.4 Å². The van der Waals surface area contributed by atoms with Crippen LogP contribution in [0.25, 0.3) is 0 Å². The Bertz CT molecular complexity index is 361. The number of hydrogen-bond donors (Lipinski definition) is 0. The van der Waals surface area contributed by atoms with E-state index in [4.69, 9.17) is 9.47 Å². The summed E-state index contributed by atoms with van der Waals surface area (Å²) in [6, 6.07) is 9.99. The summed E-state index contributed by atoms with van der Waals surface area (Å²) in [5, 5.41) is 0. The van der Waals surface area contributed by atoms with Crippen LogP contribution < -0.4 is 0 Å². The average Bonchev–Trinajstić information content (AvgIpc) is 2.37. The van der Waals surface area contributed by atoms with Crippen molar-refractivity contribution in [3.63, 3.8) is 0 Å². The molecule has 1 aromatic rings. The third-order valence-corrected chi connectivity index (χ3v) is 3.13. The van der Waals surface area contributed by atoms with Crippen LogP contribution in [0.3, 0.4) is 0 Å². The summed E-state index contributed by atoms with van der Waals surface area (Å²) in [6.07, 6.45) is 1.94. The van der Waals surface area contributed by atoms with E-state index in [2.05, 4.69) is 0 Å². The third-order valence-electron chi connectivity index (χ3n) is 3.13. The van der Waals surface area contributed by atoms with Crippen molar-refractivity contribution in [3.05, 3.63) is 35.9 Å². The van der Waals surface area contributed by atoms with E-state index < -0.39 is 0 Å². The second-order valence-corrected chi connectivity index (χ2v) is 4.35. The zero-order chi connectivity index (χ0) is 12.1. The molecule has 1 saturated carbocycles. The molecule has 1 aliphatic carbocycles. The van der Waals surface area contributed by atoms with Gasteiger partial charge in [-0.15, -0.1) is 0 Å². The summed E-state index contributed by atoms with van der Waals surface area (Å²) in [6.45, 7) is 0.540. The number of methoxy groups -OCH3 is 1. The minimum atomic E-state index is -0.382. The van der Waals surface area contributed by atoms with Gasteiger partial charge in [-0.2, -0.15) is 0 Å². The highest BCUT2D eigenvalue weighted by atomic mass is 16.5. The van der Waals surface area contributed by atoms with Gasteiger partial charge in [0.25, 0.3) is 0 Å². The van der Waals surface area contributed by atoms with Crippen molar-refractivity contribution < 1.29 is 14.3 Å². The average molecular weight is 234 g/mol. The minimum absolute atomic E-state index is 0.0959. The summed E-state index contributed by atoms with van der Waals surface area (Å²) < 4.78 is 11.0. The van der Waals surface area contributed by atoms with Gasteiger partial charge in [0.2, 0.25) is 0 Å². The molecule has 0 bridgehead atoms. The highest BCUT2D eigenvalue weighted by Gasteiger charge is 2.32. The third kappa shape index (κ3) is 3.14. The van der Waals surface area contributed by atoms with E-state index in [1.807, 2.05) is 30.3 Å². The van der Waals surface area contributed by atoms with Crippen LogP contribution in [-0.2, 0) is 20.9 Å². The molecule has 0 saturated heterocycles. The molecule has 1 aliphatic rings. The largest absolute Gasteiger partial charge is 0.371 e. The van der Waals surface area contributed by atoms with Crippen molar-refractivity contribution in [1.82, 2.24) is 0 Å². The number of Topliss-reactive ketones (excluding diaryl/α,β-unsaturated/α-hetero) is 1.